The molecule has 3 fully saturated rings. The number of aromatic nitrogens is 1. The van der Waals surface area contributed by atoms with Crippen LogP contribution in [0.4, 0.5) is 19.0 Å². The Hall–Kier alpha value is -1.48. The molecule has 9 heteroatoms. The molecule has 0 aromatic carbocycles. The number of hydrogen-bond acceptors (Lipinski definition) is 5. The molecular formula is C21H30F3N4OS+. The Morgan fingerprint density at radius 2 is 2.00 bits per heavy atom. The van der Waals surface area contributed by atoms with Crippen molar-refractivity contribution in [3.8, 4) is 0 Å². The van der Waals surface area contributed by atoms with E-state index < -0.39 is 11.7 Å². The third-order valence-corrected chi connectivity index (χ3v) is 8.69. The first-order valence-electron chi connectivity index (χ1n) is 10.7. The summed E-state index contributed by atoms with van der Waals surface area (Å²) in [7, 11) is 0. The lowest BCUT2D eigenvalue weighted by Crippen LogP contribution is -2.48. The van der Waals surface area contributed by atoms with Crippen molar-refractivity contribution in [3.05, 3.63) is 23.9 Å². The van der Waals surface area contributed by atoms with Gasteiger partial charge in [-0.1, -0.05) is 19.0 Å². The van der Waals surface area contributed by atoms with Crippen molar-refractivity contribution in [2.75, 3.05) is 36.8 Å². The van der Waals surface area contributed by atoms with Gasteiger partial charge in [0, 0.05) is 19.3 Å². The van der Waals surface area contributed by atoms with Crippen molar-refractivity contribution in [2.45, 2.75) is 39.3 Å². The molecule has 1 unspecified atom stereocenters. The second kappa shape index (κ2) is 8.22. The van der Waals surface area contributed by atoms with Gasteiger partial charge in [-0.25, -0.2) is 4.98 Å². The van der Waals surface area contributed by atoms with Crippen LogP contribution in [-0.2, 0) is 18.1 Å². The number of oxime groups is 1. The number of fused-ring (bicyclic) bond motifs is 2. The average Bonchev–Trinajstić information content (AvgIpc) is 3.25. The van der Waals surface area contributed by atoms with Crippen LogP contribution in [0.25, 0.3) is 0 Å². The van der Waals surface area contributed by atoms with Gasteiger partial charge in [0.2, 0.25) is 0 Å². The van der Waals surface area contributed by atoms with Crippen LogP contribution >= 0.6 is 0 Å². The quantitative estimate of drug-likeness (QED) is 0.325. The summed E-state index contributed by atoms with van der Waals surface area (Å²) in [5.74, 6) is 3.41. The fourth-order valence-electron chi connectivity index (χ4n) is 5.89. The highest BCUT2D eigenvalue weighted by molar-refractivity contribution is 7.76. The predicted molar refractivity (Wildman–Crippen MR) is 114 cm³/mol. The number of hydrogen-bond donors (Lipinski definition) is 1. The summed E-state index contributed by atoms with van der Waals surface area (Å²) < 4.78 is 40.6. The number of halogens is 3. The minimum Gasteiger partial charge on any atom is -0.411 e. The van der Waals surface area contributed by atoms with E-state index in [1.54, 1.807) is 0 Å². The minimum absolute atomic E-state index is 0.0290. The zero-order valence-electron chi connectivity index (χ0n) is 17.4. The summed E-state index contributed by atoms with van der Waals surface area (Å²) >= 11 is 1.25. The Labute approximate surface area is 179 Å². The molecule has 4 rings (SSSR count). The molecule has 2 heterocycles. The van der Waals surface area contributed by atoms with Crippen LogP contribution in [0.1, 0.15) is 38.7 Å². The van der Waals surface area contributed by atoms with Gasteiger partial charge in [-0.05, 0) is 49.1 Å². The van der Waals surface area contributed by atoms with Gasteiger partial charge in [0.1, 0.15) is 11.6 Å². The highest BCUT2D eigenvalue weighted by Crippen LogP contribution is 2.59. The average molecular weight is 444 g/mol. The lowest BCUT2D eigenvalue weighted by atomic mass is 9.74. The lowest BCUT2D eigenvalue weighted by Gasteiger charge is -2.34. The standard InChI is InChI=1S/C21H29F3N4OS/c1-14(2)19-15-5-6-20(19,17(11-15)26-29)13-30-28-9-7-27(8-10-28)18-4-3-16(12-25-18)21(22,23)24/h3-4,12,14-15,19,29H,5-11,13H2,1-2H3/p+1/b26-17+/t15-,19?,20-/m1/s1. The number of piperazine rings is 1. The fraction of sp³-hybridized carbons (Fsp3) is 0.714. The lowest BCUT2D eigenvalue weighted by molar-refractivity contribution is -0.137. The summed E-state index contributed by atoms with van der Waals surface area (Å²) in [4.78, 5) is 6.07. The van der Waals surface area contributed by atoms with E-state index in [1.165, 1.54) is 24.4 Å². The number of rotatable bonds is 5. The van der Waals surface area contributed by atoms with Crippen molar-refractivity contribution in [1.82, 2.24) is 9.29 Å². The van der Waals surface area contributed by atoms with Crippen LogP contribution in [0, 0.1) is 23.2 Å². The number of alkyl halides is 3. The zero-order valence-corrected chi connectivity index (χ0v) is 18.3. The maximum atomic E-state index is 12.7. The molecule has 166 valence electrons. The van der Waals surface area contributed by atoms with E-state index in [4.69, 9.17) is 0 Å². The van der Waals surface area contributed by atoms with E-state index in [2.05, 4.69) is 28.3 Å². The summed E-state index contributed by atoms with van der Waals surface area (Å²) in [5.41, 5.74) is 0.314. The molecule has 30 heavy (non-hydrogen) atoms. The van der Waals surface area contributed by atoms with Gasteiger partial charge in [0.25, 0.3) is 0 Å². The Morgan fingerprint density at radius 3 is 2.57 bits per heavy atom. The second-order valence-electron chi connectivity index (χ2n) is 9.12. The summed E-state index contributed by atoms with van der Waals surface area (Å²) in [6.07, 6.45) is -0.167. The van der Waals surface area contributed by atoms with E-state index in [9.17, 15) is 18.4 Å². The molecule has 1 aliphatic heterocycles. The Balaban J connectivity index is 1.34. The van der Waals surface area contributed by atoms with Gasteiger partial charge in [0.05, 0.1) is 41.7 Å². The summed E-state index contributed by atoms with van der Waals surface area (Å²) in [5, 5.41) is 13.3. The van der Waals surface area contributed by atoms with Crippen molar-refractivity contribution < 1.29 is 18.4 Å². The number of nitrogens with zero attached hydrogens (tertiary/aromatic N) is 4. The van der Waals surface area contributed by atoms with E-state index in [-0.39, 0.29) is 5.41 Å². The summed E-state index contributed by atoms with van der Waals surface area (Å²) in [6, 6.07) is 2.56. The van der Waals surface area contributed by atoms with Gasteiger partial charge in [-0.2, -0.15) is 13.2 Å². The number of thiol groups is 1. The van der Waals surface area contributed by atoms with Crippen LogP contribution in [0.5, 0.6) is 0 Å². The first kappa shape index (κ1) is 21.7. The van der Waals surface area contributed by atoms with Crippen molar-refractivity contribution in [2.24, 2.45) is 28.3 Å². The molecule has 1 aromatic heterocycles. The molecule has 1 saturated heterocycles. The monoisotopic (exact) mass is 443 g/mol. The van der Waals surface area contributed by atoms with Crippen LogP contribution in [0.2, 0.25) is 0 Å². The van der Waals surface area contributed by atoms with Gasteiger partial charge < -0.3 is 10.1 Å². The van der Waals surface area contributed by atoms with Crippen LogP contribution in [0.3, 0.4) is 0 Å². The molecule has 2 bridgehead atoms. The van der Waals surface area contributed by atoms with Crippen LogP contribution < -0.4 is 4.90 Å². The zero-order chi connectivity index (χ0) is 21.5. The molecule has 0 spiro atoms. The van der Waals surface area contributed by atoms with Gasteiger partial charge in [0.15, 0.2) is 0 Å². The number of anilines is 1. The van der Waals surface area contributed by atoms with E-state index >= 15 is 0 Å². The first-order valence-corrected chi connectivity index (χ1v) is 11.7. The predicted octanol–water partition coefficient (Wildman–Crippen LogP) is 3.85. The number of pyridine rings is 1. The summed E-state index contributed by atoms with van der Waals surface area (Å²) in [6.45, 7) is 7.75. The van der Waals surface area contributed by atoms with Crippen LogP contribution in [0.15, 0.2) is 23.5 Å². The minimum atomic E-state index is -4.35. The Morgan fingerprint density at radius 1 is 1.27 bits per heavy atom. The Kier molecular flexibility index (Phi) is 5.96. The van der Waals surface area contributed by atoms with Crippen LogP contribution in [-0.4, -0.2) is 52.1 Å². The highest BCUT2D eigenvalue weighted by atomic mass is 32.2. The third kappa shape index (κ3) is 3.90. The topological polar surface area (TPSA) is 52.0 Å². The van der Waals surface area contributed by atoms with Crippen molar-refractivity contribution in [1.29, 1.82) is 0 Å². The molecule has 0 radical (unpaired) electrons. The van der Waals surface area contributed by atoms with Gasteiger partial charge in [-0.15, -0.1) is 4.31 Å². The fourth-order valence-corrected chi connectivity index (χ4v) is 7.36. The third-order valence-electron chi connectivity index (χ3n) is 7.18. The molecule has 2 aliphatic carbocycles. The Bertz CT molecular complexity index is 777. The SMILES string of the molecule is CC(C)C1[C@@H]2CC[C@@]1(C[SH+]N1CCN(c3ccc(C(F)(F)F)cn3)CC1)/C(=N/O)C2. The van der Waals surface area contributed by atoms with Crippen molar-refractivity contribution >= 4 is 23.5 Å². The smallest absolute Gasteiger partial charge is 0.411 e. The largest absolute Gasteiger partial charge is 0.417 e. The molecule has 3 aliphatic rings. The molecule has 3 atom stereocenters. The molecule has 1 aromatic rings. The van der Waals surface area contributed by atoms with Crippen molar-refractivity contribution in [3.63, 3.8) is 0 Å². The van der Waals surface area contributed by atoms with E-state index in [1.807, 2.05) is 4.90 Å². The maximum absolute atomic E-state index is 12.7. The normalized spacial score (nSPS) is 31.3. The molecule has 1 N–H and O–H groups in total. The molecular weight excluding hydrogens is 413 g/mol. The highest BCUT2D eigenvalue weighted by Gasteiger charge is 2.60. The molecule has 2 saturated carbocycles. The van der Waals surface area contributed by atoms with Gasteiger partial charge in [-0.3, -0.25) is 0 Å². The molecule has 5 nitrogen and oxygen atoms in total. The maximum Gasteiger partial charge on any atom is 0.417 e. The second-order valence-corrected chi connectivity index (χ2v) is 10.3. The van der Waals surface area contributed by atoms with E-state index in [0.29, 0.717) is 23.6 Å². The molecule has 0 amide bonds. The van der Waals surface area contributed by atoms with E-state index in [0.717, 1.165) is 62.7 Å². The van der Waals surface area contributed by atoms with Gasteiger partial charge >= 0.3 is 6.18 Å². The first-order chi connectivity index (χ1) is 14.2.